The van der Waals surface area contributed by atoms with Gasteiger partial charge in [0.25, 0.3) is 0 Å². The van der Waals surface area contributed by atoms with E-state index >= 15 is 0 Å². The van der Waals surface area contributed by atoms with Crippen LogP contribution >= 0.6 is 0 Å². The smallest absolute Gasteiger partial charge is 0.0595 e. The lowest BCUT2D eigenvalue weighted by atomic mass is 10.0. The van der Waals surface area contributed by atoms with Crippen LogP contribution in [-0.2, 0) is 6.42 Å². The number of aromatic amines is 1. The van der Waals surface area contributed by atoms with Gasteiger partial charge >= 0.3 is 0 Å². The lowest BCUT2D eigenvalue weighted by Crippen LogP contribution is -2.19. The lowest BCUT2D eigenvalue weighted by molar-refractivity contribution is 0.0711. The molecule has 1 aromatic rings. The Hall–Kier alpha value is -0.760. The van der Waals surface area contributed by atoms with Crippen molar-refractivity contribution in [1.29, 1.82) is 0 Å². The van der Waals surface area contributed by atoms with Gasteiger partial charge in [0, 0.05) is 11.9 Å². The molecule has 0 amide bonds. The SMILES string of the molecule is CC(C)(O)CCc1ccc[nH]1. The van der Waals surface area contributed by atoms with Crippen molar-refractivity contribution in [3.8, 4) is 0 Å². The van der Waals surface area contributed by atoms with E-state index in [4.69, 9.17) is 0 Å². The van der Waals surface area contributed by atoms with Crippen LogP contribution in [0.1, 0.15) is 26.0 Å². The van der Waals surface area contributed by atoms with Crippen LogP contribution in [0.25, 0.3) is 0 Å². The summed E-state index contributed by atoms with van der Waals surface area (Å²) >= 11 is 0. The third-order valence-electron chi connectivity index (χ3n) is 1.67. The van der Waals surface area contributed by atoms with E-state index in [1.807, 2.05) is 32.2 Å². The number of aryl methyl sites for hydroxylation is 1. The molecule has 1 aromatic heterocycles. The Morgan fingerprint density at radius 3 is 2.73 bits per heavy atom. The van der Waals surface area contributed by atoms with Gasteiger partial charge in [-0.15, -0.1) is 0 Å². The molecule has 0 saturated heterocycles. The highest BCUT2D eigenvalue weighted by molar-refractivity contribution is 5.03. The van der Waals surface area contributed by atoms with E-state index in [0.29, 0.717) is 0 Å². The zero-order valence-electron chi connectivity index (χ0n) is 7.09. The molecule has 0 bridgehead atoms. The molecule has 2 heteroatoms. The first kappa shape index (κ1) is 8.34. The van der Waals surface area contributed by atoms with Gasteiger partial charge < -0.3 is 10.1 Å². The molecule has 0 unspecified atom stereocenters. The fraction of sp³-hybridized carbons (Fsp3) is 0.556. The number of hydrogen-bond donors (Lipinski definition) is 2. The molecule has 0 fully saturated rings. The molecule has 0 aliphatic rings. The van der Waals surface area contributed by atoms with E-state index in [1.165, 1.54) is 5.69 Å². The van der Waals surface area contributed by atoms with Gasteiger partial charge in [0.15, 0.2) is 0 Å². The van der Waals surface area contributed by atoms with E-state index in [-0.39, 0.29) is 0 Å². The minimum absolute atomic E-state index is 0.550. The first-order valence-corrected chi connectivity index (χ1v) is 3.92. The predicted molar refractivity (Wildman–Crippen MR) is 45.4 cm³/mol. The second-order valence-electron chi connectivity index (χ2n) is 3.51. The van der Waals surface area contributed by atoms with Gasteiger partial charge in [0.05, 0.1) is 5.60 Å². The fourth-order valence-corrected chi connectivity index (χ4v) is 0.964. The molecule has 0 aliphatic heterocycles. The zero-order valence-corrected chi connectivity index (χ0v) is 7.09. The molecule has 0 aliphatic carbocycles. The number of aromatic nitrogens is 1. The highest BCUT2D eigenvalue weighted by atomic mass is 16.3. The van der Waals surface area contributed by atoms with Crippen LogP contribution in [0.15, 0.2) is 18.3 Å². The molecular weight excluding hydrogens is 138 g/mol. The average molecular weight is 153 g/mol. The quantitative estimate of drug-likeness (QED) is 0.681. The Morgan fingerprint density at radius 2 is 2.27 bits per heavy atom. The molecule has 0 atom stereocenters. The van der Waals surface area contributed by atoms with Gasteiger partial charge in [0.2, 0.25) is 0 Å². The van der Waals surface area contributed by atoms with Gasteiger partial charge in [0.1, 0.15) is 0 Å². The molecule has 62 valence electrons. The Balaban J connectivity index is 2.35. The summed E-state index contributed by atoms with van der Waals surface area (Å²) in [5, 5.41) is 9.40. The third kappa shape index (κ3) is 3.23. The van der Waals surface area contributed by atoms with Gasteiger partial charge in [-0.2, -0.15) is 0 Å². The molecule has 0 radical (unpaired) electrons. The fourth-order valence-electron chi connectivity index (χ4n) is 0.964. The second-order valence-corrected chi connectivity index (χ2v) is 3.51. The summed E-state index contributed by atoms with van der Waals surface area (Å²) < 4.78 is 0. The van der Waals surface area contributed by atoms with Crippen molar-refractivity contribution in [3.05, 3.63) is 24.0 Å². The minimum atomic E-state index is -0.550. The first-order valence-electron chi connectivity index (χ1n) is 3.92. The van der Waals surface area contributed by atoms with Crippen LogP contribution < -0.4 is 0 Å². The van der Waals surface area contributed by atoms with E-state index in [0.717, 1.165) is 12.8 Å². The Labute approximate surface area is 67.3 Å². The standard InChI is InChI=1S/C9H15NO/c1-9(2,11)6-5-8-4-3-7-10-8/h3-4,7,10-11H,5-6H2,1-2H3. The van der Waals surface area contributed by atoms with Crippen LogP contribution in [0.3, 0.4) is 0 Å². The lowest BCUT2D eigenvalue weighted by Gasteiger charge is -2.15. The molecule has 2 N–H and O–H groups in total. The van der Waals surface area contributed by atoms with Crippen molar-refractivity contribution < 1.29 is 5.11 Å². The molecule has 1 rings (SSSR count). The first-order chi connectivity index (χ1) is 5.08. The topological polar surface area (TPSA) is 36.0 Å². The number of hydrogen-bond acceptors (Lipinski definition) is 1. The Morgan fingerprint density at radius 1 is 1.55 bits per heavy atom. The van der Waals surface area contributed by atoms with Crippen molar-refractivity contribution in [2.75, 3.05) is 0 Å². The number of nitrogens with one attached hydrogen (secondary N) is 1. The largest absolute Gasteiger partial charge is 0.390 e. The molecule has 0 spiro atoms. The molecule has 11 heavy (non-hydrogen) atoms. The summed E-state index contributed by atoms with van der Waals surface area (Å²) in [4.78, 5) is 3.10. The van der Waals surface area contributed by atoms with Crippen LogP contribution in [0.4, 0.5) is 0 Å². The van der Waals surface area contributed by atoms with Gasteiger partial charge in [-0.05, 0) is 38.8 Å². The van der Waals surface area contributed by atoms with E-state index in [9.17, 15) is 5.11 Å². The van der Waals surface area contributed by atoms with Crippen LogP contribution in [0.5, 0.6) is 0 Å². The zero-order chi connectivity index (χ0) is 8.32. The maximum absolute atomic E-state index is 9.40. The highest BCUT2D eigenvalue weighted by Gasteiger charge is 2.11. The molecule has 1 heterocycles. The van der Waals surface area contributed by atoms with Crippen LogP contribution in [0, 0.1) is 0 Å². The average Bonchev–Trinajstić information content (AvgIpc) is 2.32. The molecule has 2 nitrogen and oxygen atoms in total. The van der Waals surface area contributed by atoms with E-state index in [2.05, 4.69) is 4.98 Å². The predicted octanol–water partition coefficient (Wildman–Crippen LogP) is 1.72. The number of aliphatic hydroxyl groups is 1. The van der Waals surface area contributed by atoms with Crippen molar-refractivity contribution in [3.63, 3.8) is 0 Å². The molecule has 0 saturated carbocycles. The monoisotopic (exact) mass is 153 g/mol. The van der Waals surface area contributed by atoms with Gasteiger partial charge in [-0.1, -0.05) is 0 Å². The summed E-state index contributed by atoms with van der Waals surface area (Å²) in [5.41, 5.74) is 0.637. The summed E-state index contributed by atoms with van der Waals surface area (Å²) in [6.07, 6.45) is 3.61. The van der Waals surface area contributed by atoms with Crippen molar-refractivity contribution >= 4 is 0 Å². The maximum atomic E-state index is 9.40. The summed E-state index contributed by atoms with van der Waals surface area (Å²) in [5.74, 6) is 0. The molecular formula is C9H15NO. The normalized spacial score (nSPS) is 11.9. The van der Waals surface area contributed by atoms with E-state index < -0.39 is 5.60 Å². The second kappa shape index (κ2) is 3.09. The number of rotatable bonds is 3. The maximum Gasteiger partial charge on any atom is 0.0595 e. The number of H-pyrrole nitrogens is 1. The summed E-state index contributed by atoms with van der Waals surface area (Å²) in [7, 11) is 0. The van der Waals surface area contributed by atoms with Crippen LogP contribution in [0.2, 0.25) is 0 Å². The summed E-state index contributed by atoms with van der Waals surface area (Å²) in [6, 6.07) is 4.01. The highest BCUT2D eigenvalue weighted by Crippen LogP contribution is 2.11. The Kier molecular flexibility index (Phi) is 2.35. The van der Waals surface area contributed by atoms with Crippen LogP contribution in [-0.4, -0.2) is 15.7 Å². The molecule has 0 aromatic carbocycles. The minimum Gasteiger partial charge on any atom is -0.390 e. The third-order valence-corrected chi connectivity index (χ3v) is 1.67. The summed E-state index contributed by atoms with van der Waals surface area (Å²) in [6.45, 7) is 3.66. The van der Waals surface area contributed by atoms with Gasteiger partial charge in [-0.3, -0.25) is 0 Å². The van der Waals surface area contributed by atoms with Gasteiger partial charge in [-0.25, -0.2) is 0 Å². The van der Waals surface area contributed by atoms with Crippen molar-refractivity contribution in [1.82, 2.24) is 4.98 Å². The Bertz CT molecular complexity index is 196. The van der Waals surface area contributed by atoms with E-state index in [1.54, 1.807) is 0 Å². The van der Waals surface area contributed by atoms with Crippen molar-refractivity contribution in [2.45, 2.75) is 32.3 Å². The van der Waals surface area contributed by atoms with Crippen molar-refractivity contribution in [2.24, 2.45) is 0 Å².